The molecule has 5 nitrogen and oxygen atoms in total. The molecule has 0 saturated carbocycles. The minimum atomic E-state index is -0.213. The lowest BCUT2D eigenvalue weighted by Gasteiger charge is -2.05. The highest BCUT2D eigenvalue weighted by molar-refractivity contribution is 7.15. The molecule has 6 heteroatoms. The van der Waals surface area contributed by atoms with Crippen LogP contribution in [0.3, 0.4) is 0 Å². The number of unbranched alkanes of at least 4 members (excludes halogenated alkanes) is 4. The van der Waals surface area contributed by atoms with Crippen LogP contribution in [0.15, 0.2) is 16.7 Å². The van der Waals surface area contributed by atoms with Crippen molar-refractivity contribution in [2.75, 3.05) is 12.3 Å². The molecule has 0 radical (unpaired) electrons. The summed E-state index contributed by atoms with van der Waals surface area (Å²) in [7, 11) is 0. The monoisotopic (exact) mass is 321 g/mol. The van der Waals surface area contributed by atoms with Gasteiger partial charge in [-0.25, -0.2) is 0 Å². The van der Waals surface area contributed by atoms with Gasteiger partial charge in [0.05, 0.1) is 4.88 Å². The van der Waals surface area contributed by atoms with Crippen LogP contribution in [0.4, 0.5) is 5.88 Å². The van der Waals surface area contributed by atoms with Gasteiger partial charge < -0.3 is 15.6 Å². The second-order valence-electron chi connectivity index (χ2n) is 5.35. The Hall–Kier alpha value is -1.82. The Kier molecular flexibility index (Phi) is 6.00. The van der Waals surface area contributed by atoms with Gasteiger partial charge >= 0.3 is 0 Å². The van der Waals surface area contributed by atoms with Gasteiger partial charge in [0.25, 0.3) is 5.91 Å². The average molecular weight is 321 g/mol. The van der Waals surface area contributed by atoms with Gasteiger partial charge in [0.2, 0.25) is 5.88 Å². The molecular formula is C16H23N3O2S. The van der Waals surface area contributed by atoms with E-state index in [1.807, 2.05) is 19.1 Å². The Morgan fingerprint density at radius 3 is 2.77 bits per heavy atom. The number of aryl methyl sites for hydroxylation is 1. The molecule has 3 N–H and O–H groups in total. The maximum atomic E-state index is 12.3. The molecule has 0 unspecified atom stereocenters. The summed E-state index contributed by atoms with van der Waals surface area (Å²) >= 11 is 1.57. The largest absolute Gasteiger partial charge is 0.367 e. The van der Waals surface area contributed by atoms with Crippen LogP contribution in [-0.2, 0) is 0 Å². The van der Waals surface area contributed by atoms with Gasteiger partial charge in [0.1, 0.15) is 11.3 Å². The second kappa shape index (κ2) is 7.98. The number of nitrogens with two attached hydrogens (primary N) is 1. The molecule has 120 valence electrons. The maximum absolute atomic E-state index is 12.3. The number of carbonyl (C=O) groups is 1. The predicted octanol–water partition coefficient (Wildman–Crippen LogP) is 3.99. The SMILES string of the molecule is CCCCCCCNC(=O)c1c(-c2ccc(C)s2)noc1N. The van der Waals surface area contributed by atoms with Crippen molar-refractivity contribution in [1.29, 1.82) is 0 Å². The molecule has 0 aliphatic heterocycles. The smallest absolute Gasteiger partial charge is 0.259 e. The van der Waals surface area contributed by atoms with E-state index in [-0.39, 0.29) is 11.8 Å². The molecule has 2 rings (SSSR count). The molecular weight excluding hydrogens is 298 g/mol. The first-order chi connectivity index (χ1) is 10.6. The Labute approximate surface area is 134 Å². The van der Waals surface area contributed by atoms with E-state index < -0.39 is 0 Å². The second-order valence-corrected chi connectivity index (χ2v) is 6.64. The first-order valence-corrected chi connectivity index (χ1v) is 8.55. The van der Waals surface area contributed by atoms with E-state index in [0.717, 1.165) is 22.6 Å². The highest BCUT2D eigenvalue weighted by Crippen LogP contribution is 2.32. The summed E-state index contributed by atoms with van der Waals surface area (Å²) in [5.74, 6) is -0.139. The number of hydrogen-bond donors (Lipinski definition) is 2. The number of rotatable bonds is 8. The van der Waals surface area contributed by atoms with Crippen LogP contribution < -0.4 is 11.1 Å². The lowest BCUT2D eigenvalue weighted by Crippen LogP contribution is -2.25. The van der Waals surface area contributed by atoms with Crippen molar-refractivity contribution >= 4 is 23.1 Å². The molecule has 0 aliphatic carbocycles. The number of aromatic nitrogens is 1. The van der Waals surface area contributed by atoms with Crippen molar-refractivity contribution in [3.8, 4) is 10.6 Å². The number of carbonyl (C=O) groups excluding carboxylic acids is 1. The number of hydrogen-bond acceptors (Lipinski definition) is 5. The molecule has 0 bridgehead atoms. The first kappa shape index (κ1) is 16.5. The standard InChI is InChI=1S/C16H23N3O2S/c1-3-4-5-6-7-10-18-16(20)13-14(19-21-15(13)17)12-9-8-11(2)22-12/h8-9H,3-7,10,17H2,1-2H3,(H,18,20). The summed E-state index contributed by atoms with van der Waals surface area (Å²) in [5, 5.41) is 6.84. The molecule has 0 saturated heterocycles. The topological polar surface area (TPSA) is 81.2 Å². The molecule has 0 aromatic carbocycles. The summed E-state index contributed by atoms with van der Waals surface area (Å²) in [4.78, 5) is 14.4. The van der Waals surface area contributed by atoms with Crippen LogP contribution in [-0.4, -0.2) is 17.6 Å². The molecule has 0 atom stereocenters. The predicted molar refractivity (Wildman–Crippen MR) is 90.1 cm³/mol. The fourth-order valence-electron chi connectivity index (χ4n) is 2.27. The van der Waals surface area contributed by atoms with Crippen molar-refractivity contribution in [1.82, 2.24) is 10.5 Å². The van der Waals surface area contributed by atoms with E-state index in [0.29, 0.717) is 17.8 Å². The molecule has 0 spiro atoms. The van der Waals surface area contributed by atoms with E-state index in [1.165, 1.54) is 19.3 Å². The van der Waals surface area contributed by atoms with Crippen LogP contribution in [0.25, 0.3) is 10.6 Å². The minimum Gasteiger partial charge on any atom is -0.367 e. The van der Waals surface area contributed by atoms with Crippen molar-refractivity contribution in [3.63, 3.8) is 0 Å². The van der Waals surface area contributed by atoms with Crippen molar-refractivity contribution in [3.05, 3.63) is 22.6 Å². The lowest BCUT2D eigenvalue weighted by atomic mass is 10.1. The van der Waals surface area contributed by atoms with Crippen molar-refractivity contribution < 1.29 is 9.32 Å². The molecule has 0 aliphatic rings. The summed E-state index contributed by atoms with van der Waals surface area (Å²) in [6, 6.07) is 3.92. The van der Waals surface area contributed by atoms with E-state index in [9.17, 15) is 4.79 Å². The van der Waals surface area contributed by atoms with Gasteiger partial charge in [0.15, 0.2) is 0 Å². The normalized spacial score (nSPS) is 10.8. The fraction of sp³-hybridized carbons (Fsp3) is 0.500. The first-order valence-electron chi connectivity index (χ1n) is 7.73. The third-order valence-electron chi connectivity index (χ3n) is 3.49. The van der Waals surface area contributed by atoms with Crippen molar-refractivity contribution in [2.24, 2.45) is 0 Å². The van der Waals surface area contributed by atoms with Gasteiger partial charge in [-0.3, -0.25) is 4.79 Å². The highest BCUT2D eigenvalue weighted by atomic mass is 32.1. The van der Waals surface area contributed by atoms with Crippen LogP contribution in [0.1, 0.15) is 54.3 Å². The Bertz CT molecular complexity index is 619. The van der Waals surface area contributed by atoms with E-state index >= 15 is 0 Å². The fourth-order valence-corrected chi connectivity index (χ4v) is 3.13. The third-order valence-corrected chi connectivity index (χ3v) is 4.49. The lowest BCUT2D eigenvalue weighted by molar-refractivity contribution is 0.0954. The molecule has 1 amide bonds. The van der Waals surface area contributed by atoms with Crippen LogP contribution in [0.2, 0.25) is 0 Å². The van der Waals surface area contributed by atoms with Crippen molar-refractivity contribution in [2.45, 2.75) is 46.0 Å². The Morgan fingerprint density at radius 2 is 2.09 bits per heavy atom. The van der Waals surface area contributed by atoms with Gasteiger partial charge in [-0.1, -0.05) is 37.8 Å². The van der Waals surface area contributed by atoms with E-state index in [2.05, 4.69) is 17.4 Å². The van der Waals surface area contributed by atoms with Gasteiger partial charge in [-0.05, 0) is 25.5 Å². The number of nitrogens with zero attached hydrogens (tertiary/aromatic N) is 1. The number of nitrogen functional groups attached to an aromatic ring is 1. The zero-order chi connectivity index (χ0) is 15.9. The highest BCUT2D eigenvalue weighted by Gasteiger charge is 2.23. The summed E-state index contributed by atoms with van der Waals surface area (Å²) in [6.45, 7) is 4.84. The quantitative estimate of drug-likeness (QED) is 0.720. The molecule has 0 fully saturated rings. The third kappa shape index (κ3) is 4.10. The number of nitrogens with one attached hydrogen (secondary N) is 1. The summed E-state index contributed by atoms with van der Waals surface area (Å²) in [6.07, 6.45) is 5.78. The van der Waals surface area contributed by atoms with Gasteiger partial charge in [-0.2, -0.15) is 0 Å². The maximum Gasteiger partial charge on any atom is 0.259 e. The number of amides is 1. The van der Waals surface area contributed by atoms with Crippen LogP contribution in [0, 0.1) is 6.92 Å². The minimum absolute atomic E-state index is 0.0736. The summed E-state index contributed by atoms with van der Waals surface area (Å²) in [5.41, 5.74) is 6.64. The Balaban J connectivity index is 1.96. The Morgan fingerprint density at radius 1 is 1.32 bits per heavy atom. The number of thiophene rings is 1. The van der Waals surface area contributed by atoms with E-state index in [1.54, 1.807) is 11.3 Å². The zero-order valence-electron chi connectivity index (χ0n) is 13.1. The molecule has 2 aromatic heterocycles. The molecule has 2 aromatic rings. The van der Waals surface area contributed by atoms with Gasteiger partial charge in [-0.15, -0.1) is 11.3 Å². The average Bonchev–Trinajstić information content (AvgIpc) is 3.08. The van der Waals surface area contributed by atoms with Gasteiger partial charge in [0, 0.05) is 11.4 Å². The number of anilines is 1. The zero-order valence-corrected chi connectivity index (χ0v) is 14.0. The van der Waals surface area contributed by atoms with E-state index in [4.69, 9.17) is 10.3 Å². The van der Waals surface area contributed by atoms with Crippen LogP contribution in [0.5, 0.6) is 0 Å². The molecule has 2 heterocycles. The van der Waals surface area contributed by atoms with Crippen LogP contribution >= 0.6 is 11.3 Å². The summed E-state index contributed by atoms with van der Waals surface area (Å²) < 4.78 is 5.01. The molecule has 22 heavy (non-hydrogen) atoms.